The number of anilines is 1. The van der Waals surface area contributed by atoms with Gasteiger partial charge in [-0.25, -0.2) is 13.6 Å². The Labute approximate surface area is 171 Å². The summed E-state index contributed by atoms with van der Waals surface area (Å²) in [4.78, 5) is 28.1. The average Bonchev–Trinajstić information content (AvgIpc) is 3.34. The Bertz CT molecular complexity index is 1080. The lowest BCUT2D eigenvalue weighted by Gasteiger charge is -2.32. The highest BCUT2D eigenvalue weighted by molar-refractivity contribution is 5.95. The molecule has 0 radical (unpaired) electrons. The molecule has 8 heteroatoms. The lowest BCUT2D eigenvalue weighted by atomic mass is 9.95. The smallest absolute Gasteiger partial charge is 0.322 e. The lowest BCUT2D eigenvalue weighted by Crippen LogP contribution is -2.47. The fraction of sp³-hybridized carbons (Fsp3) is 0.273. The van der Waals surface area contributed by atoms with Gasteiger partial charge in [0.05, 0.1) is 18.3 Å². The van der Waals surface area contributed by atoms with Gasteiger partial charge < -0.3 is 20.2 Å². The molecule has 2 aliphatic heterocycles. The Hall–Kier alpha value is -3.42. The SMILES string of the molecule is O=C1Nc2ccc(F)c(F)c2CN1CC(=O)N1CC2CC1C=C2c1ccc(O)cc1. The van der Waals surface area contributed by atoms with Crippen LogP contribution in [0.3, 0.4) is 0 Å². The minimum atomic E-state index is -1.01. The Morgan fingerprint density at radius 3 is 2.63 bits per heavy atom. The number of rotatable bonds is 3. The molecule has 2 N–H and O–H groups in total. The number of fused-ring (bicyclic) bond motifs is 3. The molecule has 0 aromatic heterocycles. The standard InChI is InChI=1S/C22H19F2N3O3/c23-18-5-6-19-17(21(18)24)10-26(22(30)25-19)11-20(29)27-9-13-7-14(27)8-16(13)12-1-3-15(28)4-2-12/h1-6,8,13-14,28H,7,9-11H2,(H,25,30). The highest BCUT2D eigenvalue weighted by atomic mass is 19.2. The molecule has 3 amide bonds. The second kappa shape index (κ2) is 6.83. The predicted octanol–water partition coefficient (Wildman–Crippen LogP) is 3.33. The van der Waals surface area contributed by atoms with Crippen molar-refractivity contribution in [3.8, 4) is 5.75 Å². The lowest BCUT2D eigenvalue weighted by molar-refractivity contribution is -0.132. The largest absolute Gasteiger partial charge is 0.508 e. The van der Waals surface area contributed by atoms with E-state index in [1.807, 2.05) is 12.1 Å². The molecule has 2 aromatic rings. The van der Waals surface area contributed by atoms with Crippen LogP contribution in [0.25, 0.3) is 5.57 Å². The first-order valence-electron chi connectivity index (χ1n) is 9.74. The quantitative estimate of drug-likeness (QED) is 0.814. The summed E-state index contributed by atoms with van der Waals surface area (Å²) < 4.78 is 27.6. The number of amides is 3. The van der Waals surface area contributed by atoms with Gasteiger partial charge in [0.25, 0.3) is 0 Å². The summed E-state index contributed by atoms with van der Waals surface area (Å²) in [6, 6.07) is 8.72. The van der Waals surface area contributed by atoms with Crippen LogP contribution in [0.4, 0.5) is 19.3 Å². The van der Waals surface area contributed by atoms with Crippen LogP contribution in [0.2, 0.25) is 0 Å². The molecule has 154 valence electrons. The van der Waals surface area contributed by atoms with E-state index in [-0.39, 0.29) is 48.0 Å². The van der Waals surface area contributed by atoms with Crippen LogP contribution in [0.15, 0.2) is 42.5 Å². The van der Waals surface area contributed by atoms with Crippen molar-refractivity contribution in [2.45, 2.75) is 19.0 Å². The van der Waals surface area contributed by atoms with E-state index in [0.717, 1.165) is 23.6 Å². The summed E-state index contributed by atoms with van der Waals surface area (Å²) in [5, 5.41) is 12.0. The van der Waals surface area contributed by atoms with Crippen molar-refractivity contribution in [1.29, 1.82) is 0 Å². The van der Waals surface area contributed by atoms with Crippen LogP contribution in [-0.2, 0) is 11.3 Å². The number of halogens is 2. The van der Waals surface area contributed by atoms with Crippen LogP contribution in [-0.4, -0.2) is 46.0 Å². The maximum absolute atomic E-state index is 14.1. The summed E-state index contributed by atoms with van der Waals surface area (Å²) in [7, 11) is 0. The number of nitrogens with zero attached hydrogens (tertiary/aromatic N) is 2. The topological polar surface area (TPSA) is 72.9 Å². The highest BCUT2D eigenvalue weighted by Gasteiger charge is 2.42. The molecular weight excluding hydrogens is 392 g/mol. The molecule has 30 heavy (non-hydrogen) atoms. The molecule has 0 saturated carbocycles. The van der Waals surface area contributed by atoms with Crippen molar-refractivity contribution in [2.75, 3.05) is 18.4 Å². The van der Waals surface area contributed by atoms with Gasteiger partial charge in [0.1, 0.15) is 12.3 Å². The first kappa shape index (κ1) is 18.6. The second-order valence-electron chi connectivity index (χ2n) is 7.89. The number of carbonyl (C=O) groups is 2. The normalized spacial score (nSPS) is 22.1. The van der Waals surface area contributed by atoms with Gasteiger partial charge in [0.2, 0.25) is 5.91 Å². The van der Waals surface area contributed by atoms with Crippen molar-refractivity contribution < 1.29 is 23.5 Å². The zero-order valence-electron chi connectivity index (χ0n) is 15.9. The van der Waals surface area contributed by atoms with Crippen molar-refractivity contribution in [2.24, 2.45) is 5.92 Å². The van der Waals surface area contributed by atoms with Crippen LogP contribution < -0.4 is 5.32 Å². The minimum Gasteiger partial charge on any atom is -0.508 e. The highest BCUT2D eigenvalue weighted by Crippen LogP contribution is 2.42. The Morgan fingerprint density at radius 2 is 1.93 bits per heavy atom. The minimum absolute atomic E-state index is 0.0415. The number of likely N-dealkylation sites (tertiary alicyclic amines) is 1. The molecule has 5 rings (SSSR count). The van der Waals surface area contributed by atoms with Crippen LogP contribution in [0.5, 0.6) is 5.75 Å². The Balaban J connectivity index is 1.30. The number of phenolic OH excluding ortho intramolecular Hbond substituents is 1. The zero-order valence-corrected chi connectivity index (χ0v) is 15.9. The van der Waals surface area contributed by atoms with Crippen molar-refractivity contribution in [1.82, 2.24) is 9.80 Å². The van der Waals surface area contributed by atoms with E-state index >= 15 is 0 Å². The van der Waals surface area contributed by atoms with Gasteiger partial charge in [0, 0.05) is 18.0 Å². The van der Waals surface area contributed by atoms with E-state index in [1.165, 1.54) is 11.0 Å². The van der Waals surface area contributed by atoms with E-state index in [9.17, 15) is 23.5 Å². The fourth-order valence-electron chi connectivity index (χ4n) is 4.57. The number of carbonyl (C=O) groups excluding carboxylic acids is 2. The maximum Gasteiger partial charge on any atom is 0.322 e. The third-order valence-electron chi connectivity index (χ3n) is 6.08. The van der Waals surface area contributed by atoms with Crippen LogP contribution in [0.1, 0.15) is 17.5 Å². The summed E-state index contributed by atoms with van der Waals surface area (Å²) in [5.74, 6) is -1.81. The van der Waals surface area contributed by atoms with Gasteiger partial charge in [-0.3, -0.25) is 4.79 Å². The number of benzene rings is 2. The third-order valence-corrected chi connectivity index (χ3v) is 6.08. The van der Waals surface area contributed by atoms with Gasteiger partial charge >= 0.3 is 6.03 Å². The van der Waals surface area contributed by atoms with Gasteiger partial charge in [-0.15, -0.1) is 0 Å². The summed E-state index contributed by atoms with van der Waals surface area (Å²) in [6.07, 6.45) is 2.87. The first-order valence-corrected chi connectivity index (χ1v) is 9.74. The number of urea groups is 1. The maximum atomic E-state index is 14.1. The zero-order chi connectivity index (χ0) is 21.0. The molecule has 0 spiro atoms. The molecule has 1 saturated heterocycles. The number of phenols is 1. The molecule has 6 nitrogen and oxygen atoms in total. The number of aromatic hydroxyl groups is 1. The number of hydrogen-bond donors (Lipinski definition) is 2. The van der Waals surface area contributed by atoms with E-state index in [4.69, 9.17) is 0 Å². The average molecular weight is 411 g/mol. The molecule has 3 aliphatic rings. The van der Waals surface area contributed by atoms with Gasteiger partial charge in [-0.2, -0.15) is 0 Å². The number of hydrogen-bond acceptors (Lipinski definition) is 3. The molecule has 2 unspecified atom stereocenters. The summed E-state index contributed by atoms with van der Waals surface area (Å²) in [5.41, 5.74) is 2.45. The Kier molecular flexibility index (Phi) is 4.23. The molecular formula is C22H19F2N3O3. The van der Waals surface area contributed by atoms with E-state index in [0.29, 0.717) is 6.54 Å². The van der Waals surface area contributed by atoms with Crippen molar-refractivity contribution in [3.63, 3.8) is 0 Å². The van der Waals surface area contributed by atoms with Gasteiger partial charge in [-0.05, 0) is 41.8 Å². The van der Waals surface area contributed by atoms with Gasteiger partial charge in [-0.1, -0.05) is 18.2 Å². The predicted molar refractivity (Wildman–Crippen MR) is 105 cm³/mol. The van der Waals surface area contributed by atoms with Crippen molar-refractivity contribution in [3.05, 3.63) is 65.2 Å². The fourth-order valence-corrected chi connectivity index (χ4v) is 4.57. The first-order chi connectivity index (χ1) is 14.4. The van der Waals surface area contributed by atoms with Crippen LogP contribution >= 0.6 is 0 Å². The van der Waals surface area contributed by atoms with E-state index < -0.39 is 17.7 Å². The molecule has 1 aliphatic carbocycles. The molecule has 2 aromatic carbocycles. The monoisotopic (exact) mass is 411 g/mol. The third kappa shape index (κ3) is 2.99. The molecule has 2 bridgehead atoms. The van der Waals surface area contributed by atoms with E-state index in [1.54, 1.807) is 17.0 Å². The molecule has 2 atom stereocenters. The summed E-state index contributed by atoms with van der Waals surface area (Å²) >= 11 is 0. The second-order valence-corrected chi connectivity index (χ2v) is 7.89. The molecule has 1 fully saturated rings. The summed E-state index contributed by atoms with van der Waals surface area (Å²) in [6.45, 7) is 0.186. The number of nitrogens with one attached hydrogen (secondary N) is 1. The van der Waals surface area contributed by atoms with Gasteiger partial charge in [0.15, 0.2) is 11.6 Å². The molecule has 2 heterocycles. The van der Waals surface area contributed by atoms with E-state index in [2.05, 4.69) is 11.4 Å². The Morgan fingerprint density at radius 1 is 1.17 bits per heavy atom. The van der Waals surface area contributed by atoms with Crippen LogP contribution in [0, 0.1) is 17.6 Å². The van der Waals surface area contributed by atoms with Crippen molar-refractivity contribution >= 4 is 23.2 Å².